The molecule has 7 heteroatoms. The van der Waals surface area contributed by atoms with E-state index in [1.165, 1.54) is 11.3 Å². The Kier molecular flexibility index (Phi) is 3.75. The summed E-state index contributed by atoms with van der Waals surface area (Å²) in [4.78, 5) is 29.6. The number of nitrogens with zero attached hydrogens (tertiary/aromatic N) is 2. The topological polar surface area (TPSA) is 82.5 Å². The van der Waals surface area contributed by atoms with Crippen molar-refractivity contribution in [1.82, 2.24) is 9.88 Å². The van der Waals surface area contributed by atoms with Gasteiger partial charge in [-0.2, -0.15) is 0 Å². The van der Waals surface area contributed by atoms with Gasteiger partial charge in [0.25, 0.3) is 0 Å². The number of aromatic nitrogens is 1. The molecular weight excluding hydrogens is 266 g/mol. The number of aryl methyl sites for hydroxylation is 2. The average molecular weight is 283 g/mol. The van der Waals surface area contributed by atoms with Gasteiger partial charge in [0, 0.05) is 23.9 Å². The van der Waals surface area contributed by atoms with E-state index in [-0.39, 0.29) is 11.9 Å². The molecule has 1 atom stereocenters. The summed E-state index contributed by atoms with van der Waals surface area (Å²) in [6.45, 7) is 6.51. The van der Waals surface area contributed by atoms with Gasteiger partial charge in [-0.15, -0.1) is 11.3 Å². The Morgan fingerprint density at radius 1 is 1.47 bits per heavy atom. The summed E-state index contributed by atoms with van der Waals surface area (Å²) < 4.78 is 0. The Labute approximate surface area is 115 Å². The van der Waals surface area contributed by atoms with Gasteiger partial charge in [0.05, 0.1) is 11.6 Å². The zero-order chi connectivity index (χ0) is 14.2. The van der Waals surface area contributed by atoms with Crippen molar-refractivity contribution in [2.75, 3.05) is 18.4 Å². The van der Waals surface area contributed by atoms with Crippen LogP contribution in [0, 0.1) is 25.7 Å². The summed E-state index contributed by atoms with van der Waals surface area (Å²) in [5, 5.41) is 12.2. The highest BCUT2D eigenvalue weighted by Gasteiger charge is 2.37. The van der Waals surface area contributed by atoms with Crippen molar-refractivity contribution < 1.29 is 14.7 Å². The zero-order valence-electron chi connectivity index (χ0n) is 11.1. The molecule has 6 nitrogen and oxygen atoms in total. The Bertz CT molecular complexity index is 489. The molecule has 1 aliphatic rings. The van der Waals surface area contributed by atoms with Gasteiger partial charge in [-0.3, -0.25) is 10.1 Å². The van der Waals surface area contributed by atoms with Gasteiger partial charge in [0.1, 0.15) is 0 Å². The lowest BCUT2D eigenvalue weighted by Crippen LogP contribution is -2.54. The van der Waals surface area contributed by atoms with Crippen LogP contribution in [0.1, 0.15) is 17.5 Å². The largest absolute Gasteiger partial charge is 0.481 e. The highest BCUT2D eigenvalue weighted by molar-refractivity contribution is 7.15. The SMILES string of the molecule is Cc1nc(NC(=O)N2CC(C(C)C(=O)O)C2)sc1C. The molecular formula is C12H17N3O3S. The van der Waals surface area contributed by atoms with E-state index in [4.69, 9.17) is 5.11 Å². The Balaban J connectivity index is 1.85. The van der Waals surface area contributed by atoms with Crippen molar-refractivity contribution in [3.8, 4) is 0 Å². The average Bonchev–Trinajstić information content (AvgIpc) is 2.55. The second kappa shape index (κ2) is 5.16. The van der Waals surface area contributed by atoms with Crippen LogP contribution in [0.5, 0.6) is 0 Å². The first-order valence-electron chi connectivity index (χ1n) is 6.11. The molecule has 1 unspecified atom stereocenters. The second-order valence-corrected chi connectivity index (χ2v) is 6.09. The van der Waals surface area contributed by atoms with E-state index in [0.29, 0.717) is 18.2 Å². The lowest BCUT2D eigenvalue weighted by Gasteiger charge is -2.40. The van der Waals surface area contributed by atoms with E-state index in [9.17, 15) is 9.59 Å². The molecule has 104 valence electrons. The van der Waals surface area contributed by atoms with E-state index in [0.717, 1.165) is 10.6 Å². The van der Waals surface area contributed by atoms with Gasteiger partial charge in [-0.25, -0.2) is 9.78 Å². The molecule has 0 saturated carbocycles. The van der Waals surface area contributed by atoms with Gasteiger partial charge in [0.15, 0.2) is 5.13 Å². The van der Waals surface area contributed by atoms with E-state index in [1.54, 1.807) is 11.8 Å². The zero-order valence-corrected chi connectivity index (χ0v) is 12.0. The summed E-state index contributed by atoms with van der Waals surface area (Å²) in [5.74, 6) is -1.17. The maximum absolute atomic E-state index is 11.9. The number of likely N-dealkylation sites (tertiary alicyclic amines) is 1. The van der Waals surface area contributed by atoms with Crippen LogP contribution in [0.4, 0.5) is 9.93 Å². The van der Waals surface area contributed by atoms with Crippen LogP contribution < -0.4 is 5.32 Å². The molecule has 2 heterocycles. The number of rotatable bonds is 3. The van der Waals surface area contributed by atoms with Crippen molar-refractivity contribution >= 4 is 28.5 Å². The van der Waals surface area contributed by atoms with Crippen molar-refractivity contribution in [2.24, 2.45) is 11.8 Å². The standard InChI is InChI=1S/C12H17N3O3S/c1-6(10(16)17)9-4-15(5-9)12(18)14-11-13-7(2)8(3)19-11/h6,9H,4-5H2,1-3H3,(H,16,17)(H,13,14,18). The van der Waals surface area contributed by atoms with Crippen LogP contribution >= 0.6 is 11.3 Å². The molecule has 1 aromatic heterocycles. The molecule has 1 aliphatic heterocycles. The summed E-state index contributed by atoms with van der Waals surface area (Å²) in [6.07, 6.45) is 0. The molecule has 1 saturated heterocycles. The fraction of sp³-hybridized carbons (Fsp3) is 0.583. The van der Waals surface area contributed by atoms with Crippen LogP contribution in [-0.2, 0) is 4.79 Å². The number of aliphatic carboxylic acids is 1. The fourth-order valence-corrected chi connectivity index (χ4v) is 2.70. The summed E-state index contributed by atoms with van der Waals surface area (Å²) in [5.41, 5.74) is 0.918. The second-order valence-electron chi connectivity index (χ2n) is 4.88. The molecule has 0 aliphatic carbocycles. The summed E-state index contributed by atoms with van der Waals surface area (Å²) >= 11 is 1.44. The van der Waals surface area contributed by atoms with Gasteiger partial charge >= 0.3 is 12.0 Å². The molecule has 2 amide bonds. The number of nitrogens with one attached hydrogen (secondary N) is 1. The number of carbonyl (C=O) groups excluding carboxylic acids is 1. The minimum Gasteiger partial charge on any atom is -0.481 e. The maximum Gasteiger partial charge on any atom is 0.323 e. The van der Waals surface area contributed by atoms with Crippen molar-refractivity contribution in [3.63, 3.8) is 0 Å². The normalized spacial score (nSPS) is 16.9. The molecule has 1 fully saturated rings. The van der Waals surface area contributed by atoms with E-state index < -0.39 is 11.9 Å². The number of urea groups is 1. The third-order valence-electron chi connectivity index (χ3n) is 3.54. The molecule has 0 aromatic carbocycles. The third kappa shape index (κ3) is 2.86. The molecule has 19 heavy (non-hydrogen) atoms. The Morgan fingerprint density at radius 2 is 2.11 bits per heavy atom. The highest BCUT2D eigenvalue weighted by atomic mass is 32.1. The predicted octanol–water partition coefficient (Wildman–Crippen LogP) is 1.94. The Morgan fingerprint density at radius 3 is 2.58 bits per heavy atom. The first-order valence-corrected chi connectivity index (χ1v) is 6.93. The number of carbonyl (C=O) groups is 2. The number of carboxylic acids is 1. The number of hydrogen-bond acceptors (Lipinski definition) is 4. The molecule has 2 N–H and O–H groups in total. The van der Waals surface area contributed by atoms with Crippen molar-refractivity contribution in [1.29, 1.82) is 0 Å². The van der Waals surface area contributed by atoms with E-state index >= 15 is 0 Å². The van der Waals surface area contributed by atoms with Gasteiger partial charge < -0.3 is 10.0 Å². The van der Waals surface area contributed by atoms with Crippen LogP contribution in [0.3, 0.4) is 0 Å². The van der Waals surface area contributed by atoms with E-state index in [1.807, 2.05) is 13.8 Å². The summed E-state index contributed by atoms with van der Waals surface area (Å²) in [7, 11) is 0. The predicted molar refractivity (Wildman–Crippen MR) is 72.5 cm³/mol. The van der Waals surface area contributed by atoms with E-state index in [2.05, 4.69) is 10.3 Å². The molecule has 1 aromatic rings. The van der Waals surface area contributed by atoms with Crippen LogP contribution in [0.2, 0.25) is 0 Å². The Hall–Kier alpha value is -1.63. The van der Waals surface area contributed by atoms with Crippen LogP contribution in [0.25, 0.3) is 0 Å². The molecule has 0 radical (unpaired) electrons. The lowest BCUT2D eigenvalue weighted by atomic mass is 9.87. The van der Waals surface area contributed by atoms with Gasteiger partial charge in [-0.05, 0) is 13.8 Å². The monoisotopic (exact) mass is 283 g/mol. The molecule has 2 rings (SSSR count). The molecule has 0 spiro atoms. The number of carboxylic acid groups (broad SMARTS) is 1. The van der Waals surface area contributed by atoms with Crippen molar-refractivity contribution in [2.45, 2.75) is 20.8 Å². The number of thiazole rings is 1. The lowest BCUT2D eigenvalue weighted by molar-refractivity contribution is -0.144. The van der Waals surface area contributed by atoms with Crippen LogP contribution in [0.15, 0.2) is 0 Å². The quantitative estimate of drug-likeness (QED) is 0.888. The molecule has 0 bridgehead atoms. The number of hydrogen-bond donors (Lipinski definition) is 2. The number of anilines is 1. The summed E-state index contributed by atoms with van der Waals surface area (Å²) in [6, 6.07) is -0.206. The number of amides is 2. The highest BCUT2D eigenvalue weighted by Crippen LogP contribution is 2.26. The first kappa shape index (κ1) is 13.8. The minimum atomic E-state index is -0.809. The van der Waals surface area contributed by atoms with Crippen LogP contribution in [-0.4, -0.2) is 40.1 Å². The maximum atomic E-state index is 11.9. The third-order valence-corrected chi connectivity index (χ3v) is 4.52. The fourth-order valence-electron chi connectivity index (χ4n) is 1.89. The minimum absolute atomic E-state index is 0.0445. The smallest absolute Gasteiger partial charge is 0.323 e. The first-order chi connectivity index (χ1) is 8.88. The van der Waals surface area contributed by atoms with Gasteiger partial charge in [-0.1, -0.05) is 6.92 Å². The van der Waals surface area contributed by atoms with Crippen molar-refractivity contribution in [3.05, 3.63) is 10.6 Å². The van der Waals surface area contributed by atoms with Gasteiger partial charge in [0.2, 0.25) is 0 Å².